The summed E-state index contributed by atoms with van der Waals surface area (Å²) in [7, 11) is -3.14. The first kappa shape index (κ1) is 18.3. The zero-order valence-electron chi connectivity index (χ0n) is 14.7. The summed E-state index contributed by atoms with van der Waals surface area (Å²) in [5.74, 6) is 2.03. The Morgan fingerprint density at radius 3 is 2.48 bits per heavy atom. The number of rotatable bonds is 7. The number of likely N-dealkylation sites (tertiary alicyclic amines) is 1. The average Bonchev–Trinajstić information content (AvgIpc) is 2.83. The maximum atomic E-state index is 11.4. The SMILES string of the molecule is CC(C)CCN1CC(COc2ccc(S(C)(=O)=O)cc2)CC1C. The molecule has 1 aliphatic rings. The van der Waals surface area contributed by atoms with E-state index in [1.165, 1.54) is 25.6 Å². The fourth-order valence-corrected chi connectivity index (χ4v) is 3.70. The average molecular weight is 340 g/mol. The molecule has 0 amide bonds. The van der Waals surface area contributed by atoms with Gasteiger partial charge in [0.1, 0.15) is 5.75 Å². The van der Waals surface area contributed by atoms with Gasteiger partial charge in [-0.15, -0.1) is 0 Å². The fourth-order valence-electron chi connectivity index (χ4n) is 3.07. The molecule has 130 valence electrons. The van der Waals surface area contributed by atoms with Gasteiger partial charge in [-0.05, 0) is 56.5 Å². The minimum atomic E-state index is -3.14. The first-order valence-corrected chi connectivity index (χ1v) is 10.3. The molecule has 4 nitrogen and oxygen atoms in total. The second-order valence-electron chi connectivity index (χ2n) is 7.18. The van der Waals surface area contributed by atoms with Crippen LogP contribution in [-0.2, 0) is 9.84 Å². The second-order valence-corrected chi connectivity index (χ2v) is 9.20. The van der Waals surface area contributed by atoms with Gasteiger partial charge in [0.15, 0.2) is 9.84 Å². The summed E-state index contributed by atoms with van der Waals surface area (Å²) < 4.78 is 28.8. The van der Waals surface area contributed by atoms with E-state index in [9.17, 15) is 8.42 Å². The normalized spacial score (nSPS) is 22.7. The van der Waals surface area contributed by atoms with Crippen molar-refractivity contribution in [3.05, 3.63) is 24.3 Å². The molecule has 5 heteroatoms. The Bertz CT molecular complexity index is 595. The quantitative estimate of drug-likeness (QED) is 0.765. The van der Waals surface area contributed by atoms with E-state index in [0.29, 0.717) is 23.5 Å². The first-order chi connectivity index (χ1) is 10.8. The van der Waals surface area contributed by atoms with Crippen molar-refractivity contribution in [2.75, 3.05) is 26.0 Å². The number of benzene rings is 1. The van der Waals surface area contributed by atoms with Gasteiger partial charge in [0, 0.05) is 24.8 Å². The Kier molecular flexibility index (Phi) is 6.09. The largest absolute Gasteiger partial charge is 0.493 e. The predicted molar refractivity (Wildman–Crippen MR) is 93.6 cm³/mol. The van der Waals surface area contributed by atoms with E-state index >= 15 is 0 Å². The maximum Gasteiger partial charge on any atom is 0.175 e. The maximum absolute atomic E-state index is 11.4. The summed E-state index contributed by atoms with van der Waals surface area (Å²) in [6.07, 6.45) is 3.62. The van der Waals surface area contributed by atoms with Crippen LogP contribution in [0.3, 0.4) is 0 Å². The van der Waals surface area contributed by atoms with Gasteiger partial charge in [-0.3, -0.25) is 0 Å². The van der Waals surface area contributed by atoms with Crippen LogP contribution in [0, 0.1) is 11.8 Å². The molecule has 0 bridgehead atoms. The second kappa shape index (κ2) is 7.67. The van der Waals surface area contributed by atoms with Crippen molar-refractivity contribution in [2.45, 2.75) is 44.6 Å². The van der Waals surface area contributed by atoms with Gasteiger partial charge in [-0.2, -0.15) is 0 Å². The smallest absolute Gasteiger partial charge is 0.175 e. The fraction of sp³-hybridized carbons (Fsp3) is 0.667. The highest BCUT2D eigenvalue weighted by Crippen LogP contribution is 2.25. The van der Waals surface area contributed by atoms with Crippen LogP contribution < -0.4 is 4.74 Å². The van der Waals surface area contributed by atoms with E-state index < -0.39 is 9.84 Å². The van der Waals surface area contributed by atoms with Crippen molar-refractivity contribution in [1.29, 1.82) is 0 Å². The molecule has 23 heavy (non-hydrogen) atoms. The molecule has 0 radical (unpaired) electrons. The van der Waals surface area contributed by atoms with Crippen LogP contribution in [0.25, 0.3) is 0 Å². The van der Waals surface area contributed by atoms with Crippen LogP contribution in [0.1, 0.15) is 33.6 Å². The molecule has 0 aliphatic carbocycles. The van der Waals surface area contributed by atoms with Crippen molar-refractivity contribution in [3.8, 4) is 5.75 Å². The minimum Gasteiger partial charge on any atom is -0.493 e. The molecule has 2 unspecified atom stereocenters. The Morgan fingerprint density at radius 1 is 1.26 bits per heavy atom. The zero-order valence-corrected chi connectivity index (χ0v) is 15.5. The van der Waals surface area contributed by atoms with E-state index in [0.717, 1.165) is 18.2 Å². The van der Waals surface area contributed by atoms with Crippen molar-refractivity contribution >= 4 is 9.84 Å². The molecule has 0 spiro atoms. The zero-order chi connectivity index (χ0) is 17.0. The van der Waals surface area contributed by atoms with E-state index in [4.69, 9.17) is 4.74 Å². The number of nitrogens with zero attached hydrogens (tertiary/aromatic N) is 1. The molecule has 0 aromatic heterocycles. The van der Waals surface area contributed by atoms with Crippen LogP contribution >= 0.6 is 0 Å². The summed E-state index contributed by atoms with van der Waals surface area (Å²) >= 11 is 0. The molecule has 1 saturated heterocycles. The number of hydrogen-bond acceptors (Lipinski definition) is 4. The summed E-state index contributed by atoms with van der Waals surface area (Å²) in [6, 6.07) is 7.32. The van der Waals surface area contributed by atoms with Crippen molar-refractivity contribution in [1.82, 2.24) is 4.90 Å². The molecule has 0 saturated carbocycles. The molecular formula is C18H29NO3S. The van der Waals surface area contributed by atoms with Crippen molar-refractivity contribution in [3.63, 3.8) is 0 Å². The van der Waals surface area contributed by atoms with Crippen LogP contribution in [0.5, 0.6) is 5.75 Å². The summed E-state index contributed by atoms with van der Waals surface area (Å²) in [5, 5.41) is 0. The van der Waals surface area contributed by atoms with Crippen LogP contribution in [0.4, 0.5) is 0 Å². The minimum absolute atomic E-state index is 0.333. The lowest BCUT2D eigenvalue weighted by molar-refractivity contribution is 0.226. The molecule has 1 aliphatic heterocycles. The summed E-state index contributed by atoms with van der Waals surface area (Å²) in [5.41, 5.74) is 0. The molecule has 2 atom stereocenters. The topological polar surface area (TPSA) is 46.6 Å². The summed E-state index contributed by atoms with van der Waals surface area (Å²) in [4.78, 5) is 2.89. The third kappa shape index (κ3) is 5.50. The van der Waals surface area contributed by atoms with Gasteiger partial charge < -0.3 is 9.64 Å². The van der Waals surface area contributed by atoms with E-state index in [2.05, 4.69) is 25.7 Å². The molecule has 1 heterocycles. The Hall–Kier alpha value is -1.07. The van der Waals surface area contributed by atoms with Crippen LogP contribution in [-0.4, -0.2) is 45.3 Å². The molecule has 1 aromatic rings. The van der Waals surface area contributed by atoms with E-state index in [1.807, 2.05) is 0 Å². The van der Waals surface area contributed by atoms with Gasteiger partial charge in [0.2, 0.25) is 0 Å². The lowest BCUT2D eigenvalue weighted by Gasteiger charge is -2.21. The Balaban J connectivity index is 1.82. The lowest BCUT2D eigenvalue weighted by atomic mass is 10.1. The molecule has 1 aromatic carbocycles. The van der Waals surface area contributed by atoms with Gasteiger partial charge in [0.05, 0.1) is 11.5 Å². The van der Waals surface area contributed by atoms with Crippen LogP contribution in [0.15, 0.2) is 29.2 Å². The Labute approximate surface area is 140 Å². The van der Waals surface area contributed by atoms with Crippen molar-refractivity contribution < 1.29 is 13.2 Å². The van der Waals surface area contributed by atoms with Gasteiger partial charge in [-0.1, -0.05) is 13.8 Å². The first-order valence-electron chi connectivity index (χ1n) is 8.42. The Morgan fingerprint density at radius 2 is 1.91 bits per heavy atom. The van der Waals surface area contributed by atoms with Gasteiger partial charge in [0.25, 0.3) is 0 Å². The third-order valence-electron chi connectivity index (χ3n) is 4.52. The third-order valence-corrected chi connectivity index (χ3v) is 5.65. The molecule has 0 N–H and O–H groups in total. The van der Waals surface area contributed by atoms with E-state index in [-0.39, 0.29) is 0 Å². The number of ether oxygens (including phenoxy) is 1. The highest BCUT2D eigenvalue weighted by molar-refractivity contribution is 7.90. The highest BCUT2D eigenvalue weighted by Gasteiger charge is 2.29. The van der Waals surface area contributed by atoms with Crippen LogP contribution in [0.2, 0.25) is 0 Å². The van der Waals surface area contributed by atoms with Crippen molar-refractivity contribution in [2.24, 2.45) is 11.8 Å². The van der Waals surface area contributed by atoms with Gasteiger partial charge in [-0.25, -0.2) is 8.42 Å². The molecule has 2 rings (SSSR count). The predicted octanol–water partition coefficient (Wildman–Crippen LogP) is 3.23. The standard InChI is InChI=1S/C18H29NO3S/c1-14(2)9-10-19-12-16(11-15(19)3)13-22-17-5-7-18(8-6-17)23(4,20)21/h5-8,14-16H,9-13H2,1-4H3. The lowest BCUT2D eigenvalue weighted by Crippen LogP contribution is -2.29. The molecular weight excluding hydrogens is 310 g/mol. The monoisotopic (exact) mass is 339 g/mol. The number of sulfone groups is 1. The van der Waals surface area contributed by atoms with Gasteiger partial charge >= 0.3 is 0 Å². The highest BCUT2D eigenvalue weighted by atomic mass is 32.2. The van der Waals surface area contributed by atoms with E-state index in [1.54, 1.807) is 24.3 Å². The molecule has 1 fully saturated rings. The summed E-state index contributed by atoms with van der Waals surface area (Å²) in [6.45, 7) is 9.78. The number of hydrogen-bond donors (Lipinski definition) is 0.